The number of likely N-dealkylation sites (tertiary alicyclic amines) is 1. The molecule has 66 heavy (non-hydrogen) atoms. The first-order valence-corrected chi connectivity index (χ1v) is 24.8. The molecular formula is C50H58ClN7O7S. The lowest BCUT2D eigenvalue weighted by Gasteiger charge is -2.39. The number of aromatic amines is 1. The van der Waals surface area contributed by atoms with E-state index in [1.807, 2.05) is 18.2 Å². The number of aromatic nitrogens is 2. The molecule has 9 rings (SSSR count). The summed E-state index contributed by atoms with van der Waals surface area (Å²) in [4.78, 5) is 40.1. The van der Waals surface area contributed by atoms with Gasteiger partial charge in [-0.15, -0.1) is 0 Å². The Bertz CT molecular complexity index is 2790. The van der Waals surface area contributed by atoms with Gasteiger partial charge in [0.15, 0.2) is 0 Å². The molecule has 348 valence electrons. The topological polar surface area (TPSA) is 163 Å². The molecule has 1 atom stereocenters. The number of piperazine rings is 1. The van der Waals surface area contributed by atoms with E-state index in [0.29, 0.717) is 35.4 Å². The number of nitrogens with zero attached hydrogens (tertiary/aromatic N) is 5. The van der Waals surface area contributed by atoms with Crippen LogP contribution in [0.5, 0.6) is 17.2 Å². The van der Waals surface area contributed by atoms with Gasteiger partial charge < -0.3 is 24.3 Å². The highest BCUT2D eigenvalue weighted by Crippen LogP contribution is 2.44. The monoisotopic (exact) mass is 935 g/mol. The Hall–Kier alpha value is -5.48. The smallest absolute Gasteiger partial charge is 0.277 e. The Morgan fingerprint density at radius 2 is 1.71 bits per heavy atom. The molecule has 16 heteroatoms. The number of sulfonamides is 1. The molecule has 0 radical (unpaired) electrons. The third-order valence-electron chi connectivity index (χ3n) is 13.9. The summed E-state index contributed by atoms with van der Waals surface area (Å²) in [5.74, 6) is -0.325. The van der Waals surface area contributed by atoms with Crippen LogP contribution >= 0.6 is 11.6 Å². The molecule has 2 saturated heterocycles. The van der Waals surface area contributed by atoms with Gasteiger partial charge in [0, 0.05) is 85.7 Å². The van der Waals surface area contributed by atoms with Gasteiger partial charge in [0.05, 0.1) is 33.7 Å². The van der Waals surface area contributed by atoms with Gasteiger partial charge in [-0.2, -0.15) is 0 Å². The number of hydrogen-bond donors (Lipinski definition) is 2. The molecule has 2 aromatic heterocycles. The van der Waals surface area contributed by atoms with Crippen LogP contribution in [0.4, 0.5) is 11.4 Å². The van der Waals surface area contributed by atoms with Crippen LogP contribution in [-0.2, 0) is 16.4 Å². The summed E-state index contributed by atoms with van der Waals surface area (Å²) in [5, 5.41) is 14.0. The largest absolute Gasteiger partial charge is 0.493 e. The maximum Gasteiger partial charge on any atom is 0.277 e. The number of halogens is 1. The zero-order chi connectivity index (χ0) is 46.4. The molecule has 14 nitrogen and oxygen atoms in total. The number of hydrogen-bond acceptors (Lipinski definition) is 11. The second kappa shape index (κ2) is 18.3. The molecule has 0 unspecified atom stereocenters. The molecule has 0 saturated carbocycles. The fourth-order valence-electron chi connectivity index (χ4n) is 9.85. The Morgan fingerprint density at radius 3 is 2.45 bits per heavy atom. The maximum atomic E-state index is 14.1. The summed E-state index contributed by atoms with van der Waals surface area (Å²) in [6.07, 6.45) is 9.02. The van der Waals surface area contributed by atoms with Gasteiger partial charge in [-0.25, -0.2) is 18.1 Å². The van der Waals surface area contributed by atoms with Gasteiger partial charge in [-0.3, -0.25) is 19.8 Å². The molecule has 2 fully saturated rings. The van der Waals surface area contributed by atoms with Crippen molar-refractivity contribution < 1.29 is 27.6 Å². The highest BCUT2D eigenvalue weighted by atomic mass is 35.5. The fourth-order valence-corrected chi connectivity index (χ4v) is 11.0. The Labute approximate surface area is 391 Å². The molecule has 0 spiro atoms. The normalized spacial score (nSPS) is 20.1. The van der Waals surface area contributed by atoms with Gasteiger partial charge in [0.1, 0.15) is 22.9 Å². The average molecular weight is 937 g/mol. The van der Waals surface area contributed by atoms with Gasteiger partial charge >= 0.3 is 0 Å². The first-order valence-electron chi connectivity index (χ1n) is 22.9. The SMILES string of the molecule is CC1(C)CCN(C[C@H]2COc3cc(S(=O)(=O)NC(=O)c4ccc(N5CCN(CC6=C(c7ccc(Cl)cc7)CC(C)(C)CC6)CC5)cc4Oc4cnc5[nH]ccc5c4)cc([N+](=O)[O-])c3C2)CC1. The highest BCUT2D eigenvalue weighted by Gasteiger charge is 2.35. The fraction of sp³-hybridized carbons (Fsp3) is 0.440. The predicted octanol–water partition coefficient (Wildman–Crippen LogP) is 9.49. The number of carbonyl (C=O) groups excluding carboxylic acids is 1. The molecule has 2 N–H and O–H groups in total. The second-order valence-electron chi connectivity index (χ2n) is 20.0. The summed E-state index contributed by atoms with van der Waals surface area (Å²) in [5.41, 5.74) is 6.07. The molecule has 5 aromatic rings. The number of anilines is 1. The van der Waals surface area contributed by atoms with E-state index in [1.54, 1.807) is 30.5 Å². The average Bonchev–Trinajstić information content (AvgIpc) is 3.76. The van der Waals surface area contributed by atoms with E-state index in [1.165, 1.54) is 29.0 Å². The second-order valence-corrected chi connectivity index (χ2v) is 22.1. The Kier molecular flexibility index (Phi) is 12.7. The maximum absolute atomic E-state index is 14.1. The quantitative estimate of drug-likeness (QED) is 0.0905. The van der Waals surface area contributed by atoms with Crippen LogP contribution < -0.4 is 19.1 Å². The number of allylic oxidation sites excluding steroid dienone is 1. The number of amides is 1. The van der Waals surface area contributed by atoms with Crippen LogP contribution in [0.3, 0.4) is 0 Å². The zero-order valence-electron chi connectivity index (χ0n) is 38.1. The molecule has 1 aliphatic carbocycles. The number of ether oxygens (including phenoxy) is 2. The minimum Gasteiger partial charge on any atom is -0.493 e. The van der Waals surface area contributed by atoms with Gasteiger partial charge in [-0.05, 0) is 110 Å². The summed E-state index contributed by atoms with van der Waals surface area (Å²) in [6, 6.07) is 19.2. The Balaban J connectivity index is 0.929. The number of piperidine rings is 1. The van der Waals surface area contributed by atoms with Crippen LogP contribution in [0.25, 0.3) is 16.6 Å². The number of nitro groups is 1. The number of nitrogens with one attached hydrogen (secondary N) is 2. The van der Waals surface area contributed by atoms with Crippen LogP contribution in [0, 0.1) is 26.9 Å². The molecule has 0 bridgehead atoms. The predicted molar refractivity (Wildman–Crippen MR) is 257 cm³/mol. The Morgan fingerprint density at radius 1 is 0.955 bits per heavy atom. The lowest BCUT2D eigenvalue weighted by molar-refractivity contribution is -0.386. The van der Waals surface area contributed by atoms with E-state index in [0.717, 1.165) is 107 Å². The molecular weight excluding hydrogens is 878 g/mol. The van der Waals surface area contributed by atoms with Crippen LogP contribution in [0.1, 0.15) is 81.3 Å². The van der Waals surface area contributed by atoms with E-state index in [2.05, 4.69) is 69.2 Å². The number of carbonyl (C=O) groups is 1. The number of pyridine rings is 1. The number of fused-ring (bicyclic) bond motifs is 2. The van der Waals surface area contributed by atoms with Gasteiger partial charge in [0.25, 0.3) is 21.6 Å². The van der Waals surface area contributed by atoms with E-state index < -0.39 is 25.7 Å². The number of H-pyrrole nitrogens is 1. The number of nitro benzene ring substituents is 1. The van der Waals surface area contributed by atoms with Crippen LogP contribution in [-0.4, -0.2) is 98.0 Å². The van der Waals surface area contributed by atoms with Crippen LogP contribution in [0.15, 0.2) is 89.6 Å². The van der Waals surface area contributed by atoms with Crippen molar-refractivity contribution in [1.82, 2.24) is 24.5 Å². The van der Waals surface area contributed by atoms with Crippen molar-refractivity contribution in [2.75, 3.05) is 63.9 Å². The van der Waals surface area contributed by atoms with Crippen molar-refractivity contribution in [2.24, 2.45) is 16.7 Å². The molecule has 5 heterocycles. The van der Waals surface area contributed by atoms with Gasteiger partial charge in [0.2, 0.25) is 0 Å². The summed E-state index contributed by atoms with van der Waals surface area (Å²) in [7, 11) is -4.62. The lowest BCUT2D eigenvalue weighted by Crippen LogP contribution is -2.47. The van der Waals surface area contributed by atoms with E-state index in [9.17, 15) is 23.3 Å². The zero-order valence-corrected chi connectivity index (χ0v) is 39.6. The third-order valence-corrected chi connectivity index (χ3v) is 15.5. The lowest BCUT2D eigenvalue weighted by atomic mass is 9.72. The first kappa shape index (κ1) is 45.7. The van der Waals surface area contributed by atoms with Gasteiger partial charge in [-0.1, -0.05) is 57.0 Å². The molecule has 4 aliphatic rings. The van der Waals surface area contributed by atoms with E-state index in [-0.39, 0.29) is 34.1 Å². The van der Waals surface area contributed by atoms with Crippen LogP contribution in [0.2, 0.25) is 5.02 Å². The summed E-state index contributed by atoms with van der Waals surface area (Å²) >= 11 is 6.26. The van der Waals surface area contributed by atoms with E-state index >= 15 is 0 Å². The summed E-state index contributed by atoms with van der Waals surface area (Å²) in [6.45, 7) is 16.1. The highest BCUT2D eigenvalue weighted by molar-refractivity contribution is 7.90. The van der Waals surface area contributed by atoms with Crippen molar-refractivity contribution in [3.8, 4) is 17.2 Å². The minimum atomic E-state index is -4.62. The standard InChI is InChI=1S/C50H58ClN7O7S/c1-49(2)14-17-55(18-15-49)30-33-23-42-44(58(60)61)26-40(27-45(42)64-32-33)66(62,63)54-48(59)41-10-9-38(25-46(41)65-39-24-35-12-16-52-47(35)53-29-39)57-21-19-56(20-22-57)31-36-11-13-50(3,4)28-43(36)34-5-7-37(51)8-6-34/h5-10,12,16,24-27,29,33H,11,13-15,17-23,28,30-32H2,1-4H3,(H,52,53)(H,54,59)/t33-/m0/s1. The molecule has 1 amide bonds. The molecule has 3 aliphatic heterocycles. The van der Waals surface area contributed by atoms with Crippen molar-refractivity contribution in [3.05, 3.63) is 117 Å². The van der Waals surface area contributed by atoms with E-state index in [4.69, 9.17) is 21.1 Å². The van der Waals surface area contributed by atoms with Crippen molar-refractivity contribution in [2.45, 2.75) is 71.1 Å². The third kappa shape index (κ3) is 10.2. The first-order chi connectivity index (χ1) is 31.5. The summed E-state index contributed by atoms with van der Waals surface area (Å²) < 4.78 is 42.5. The van der Waals surface area contributed by atoms with Crippen molar-refractivity contribution >= 4 is 55.5 Å². The van der Waals surface area contributed by atoms with Crippen molar-refractivity contribution in [1.29, 1.82) is 0 Å². The molecule has 3 aromatic carbocycles. The number of rotatable bonds is 12. The number of benzene rings is 3. The van der Waals surface area contributed by atoms with Crippen molar-refractivity contribution in [3.63, 3.8) is 0 Å². The minimum absolute atomic E-state index is 0.0130.